The molecule has 0 saturated carbocycles. The highest BCUT2D eigenvalue weighted by Gasteiger charge is 1.95. The molecule has 0 spiro atoms. The summed E-state index contributed by atoms with van der Waals surface area (Å²) in [7, 11) is 0. The molecular weight excluding hydrogens is 170 g/mol. The van der Waals surface area contributed by atoms with E-state index in [2.05, 4.69) is 24.7 Å². The largest absolute Gasteiger partial charge is 0.261 e. The monoisotopic (exact) mass is 191 g/mol. The summed E-state index contributed by atoms with van der Waals surface area (Å²) in [5, 5.41) is 0. The summed E-state index contributed by atoms with van der Waals surface area (Å²) in [6.07, 6.45) is 1.79. The van der Waals surface area contributed by atoms with Crippen molar-refractivity contribution < 1.29 is 0 Å². The van der Waals surface area contributed by atoms with E-state index in [-0.39, 0.29) is 0 Å². The van der Waals surface area contributed by atoms with Crippen LogP contribution in [0.2, 0.25) is 0 Å². The first-order chi connectivity index (χ1) is 6.72. The predicted octanol–water partition coefficient (Wildman–Crippen LogP) is 4.25. The lowest BCUT2D eigenvalue weighted by molar-refractivity contribution is 1.18. The van der Waals surface area contributed by atoms with E-state index in [0.29, 0.717) is 0 Å². The highest BCUT2D eigenvalue weighted by Crippen LogP contribution is 2.12. The second-order valence-corrected chi connectivity index (χ2v) is 2.42. The van der Waals surface area contributed by atoms with Crippen LogP contribution in [0.4, 0.5) is 0 Å². The zero-order valence-electron chi connectivity index (χ0n) is 9.80. The van der Waals surface area contributed by atoms with Crippen molar-refractivity contribution in [3.8, 4) is 0 Å². The molecule has 0 aromatic carbocycles. The fourth-order valence-electron chi connectivity index (χ4n) is 0.935. The summed E-state index contributed by atoms with van der Waals surface area (Å²) < 4.78 is 0. The zero-order chi connectivity index (χ0) is 11.6. The van der Waals surface area contributed by atoms with Crippen LogP contribution in [0.15, 0.2) is 38.1 Å². The van der Waals surface area contributed by atoms with Gasteiger partial charge in [-0.3, -0.25) is 4.98 Å². The molecule has 78 valence electrons. The Hall–Kier alpha value is -1.37. The first kappa shape index (κ1) is 15.1. The van der Waals surface area contributed by atoms with Crippen molar-refractivity contribution >= 4 is 5.57 Å². The fourth-order valence-corrected chi connectivity index (χ4v) is 0.935. The molecule has 0 amide bonds. The van der Waals surface area contributed by atoms with Crippen molar-refractivity contribution in [2.75, 3.05) is 0 Å². The third kappa shape index (κ3) is 5.31. The quantitative estimate of drug-likeness (QED) is 0.605. The fraction of sp³-hybridized carbons (Fsp3) is 0.308. The van der Waals surface area contributed by atoms with Gasteiger partial charge in [-0.05, 0) is 31.1 Å². The molecule has 0 radical (unpaired) electrons. The maximum Gasteiger partial charge on any atom is 0.0447 e. The van der Waals surface area contributed by atoms with Crippen molar-refractivity contribution in [1.29, 1.82) is 0 Å². The Bertz CT molecular complexity index is 264. The van der Waals surface area contributed by atoms with Crippen LogP contribution in [0.5, 0.6) is 0 Å². The van der Waals surface area contributed by atoms with Crippen molar-refractivity contribution in [2.45, 2.75) is 27.7 Å². The predicted molar refractivity (Wildman–Crippen MR) is 66.3 cm³/mol. The molecule has 1 aromatic rings. The van der Waals surface area contributed by atoms with E-state index in [4.69, 9.17) is 0 Å². The van der Waals surface area contributed by atoms with E-state index in [0.717, 1.165) is 16.8 Å². The third-order valence-corrected chi connectivity index (χ3v) is 1.47. The van der Waals surface area contributed by atoms with Crippen LogP contribution >= 0.6 is 0 Å². The maximum atomic E-state index is 4.14. The van der Waals surface area contributed by atoms with E-state index < -0.39 is 0 Å². The molecule has 0 aliphatic heterocycles. The van der Waals surface area contributed by atoms with Gasteiger partial charge in [-0.1, -0.05) is 26.5 Å². The van der Waals surface area contributed by atoms with Gasteiger partial charge in [0.2, 0.25) is 0 Å². The Kier molecular flexibility index (Phi) is 10.5. The Balaban J connectivity index is 0. The van der Waals surface area contributed by atoms with Gasteiger partial charge in [0.15, 0.2) is 0 Å². The Morgan fingerprint density at radius 3 is 2.07 bits per heavy atom. The third-order valence-electron chi connectivity index (χ3n) is 1.47. The number of aryl methyl sites for hydroxylation is 1. The zero-order valence-corrected chi connectivity index (χ0v) is 9.80. The SMILES string of the molecule is C=C.C=C(C)c1cccnc1C.CC. The first-order valence-corrected chi connectivity index (χ1v) is 4.79. The lowest BCUT2D eigenvalue weighted by Crippen LogP contribution is -1.86. The molecule has 0 aliphatic carbocycles. The van der Waals surface area contributed by atoms with Crippen LogP contribution in [-0.2, 0) is 0 Å². The standard InChI is InChI=1S/C9H11N.C2H6.C2H4/c1-7(2)9-5-4-6-10-8(9)3;2*1-2/h4-6H,1H2,2-3H3;1-2H3;1-2H2. The average molecular weight is 191 g/mol. The number of nitrogens with zero attached hydrogens (tertiary/aromatic N) is 1. The molecule has 0 atom stereocenters. The number of hydrogen-bond acceptors (Lipinski definition) is 1. The molecule has 14 heavy (non-hydrogen) atoms. The van der Waals surface area contributed by atoms with Gasteiger partial charge in [0.1, 0.15) is 0 Å². The second-order valence-electron chi connectivity index (χ2n) is 2.42. The van der Waals surface area contributed by atoms with E-state index in [1.165, 1.54) is 0 Å². The summed E-state index contributed by atoms with van der Waals surface area (Å²) in [4.78, 5) is 4.14. The van der Waals surface area contributed by atoms with E-state index in [1.807, 2.05) is 39.8 Å². The molecule has 1 heteroatoms. The Labute approximate surface area is 88.2 Å². The minimum absolute atomic E-state index is 1.05. The molecule has 0 saturated heterocycles. The molecule has 1 nitrogen and oxygen atoms in total. The van der Waals surface area contributed by atoms with Gasteiger partial charge in [-0.25, -0.2) is 0 Å². The van der Waals surface area contributed by atoms with Crippen LogP contribution in [0.3, 0.4) is 0 Å². The molecule has 0 bridgehead atoms. The maximum absolute atomic E-state index is 4.14. The van der Waals surface area contributed by atoms with Crippen LogP contribution < -0.4 is 0 Å². The highest BCUT2D eigenvalue weighted by atomic mass is 14.7. The normalized spacial score (nSPS) is 7.43. The van der Waals surface area contributed by atoms with E-state index >= 15 is 0 Å². The van der Waals surface area contributed by atoms with E-state index in [1.54, 1.807) is 6.20 Å². The van der Waals surface area contributed by atoms with Gasteiger partial charge < -0.3 is 0 Å². The average Bonchev–Trinajstić information content (AvgIpc) is 2.24. The van der Waals surface area contributed by atoms with Crippen LogP contribution in [-0.4, -0.2) is 4.98 Å². The minimum atomic E-state index is 1.05. The van der Waals surface area contributed by atoms with Gasteiger partial charge in [0, 0.05) is 11.9 Å². The van der Waals surface area contributed by atoms with Crippen LogP contribution in [0.25, 0.3) is 5.57 Å². The molecule has 1 aromatic heterocycles. The lowest BCUT2D eigenvalue weighted by Gasteiger charge is -2.00. The molecule has 1 rings (SSSR count). The minimum Gasteiger partial charge on any atom is -0.261 e. The number of allylic oxidation sites excluding steroid dienone is 1. The van der Waals surface area contributed by atoms with Gasteiger partial charge in [-0.15, -0.1) is 13.2 Å². The second kappa shape index (κ2) is 9.72. The molecule has 0 aliphatic rings. The Morgan fingerprint density at radius 2 is 1.79 bits per heavy atom. The van der Waals surface area contributed by atoms with Crippen molar-refractivity contribution in [2.24, 2.45) is 0 Å². The van der Waals surface area contributed by atoms with Gasteiger partial charge in [-0.2, -0.15) is 0 Å². The highest BCUT2D eigenvalue weighted by molar-refractivity contribution is 5.62. The van der Waals surface area contributed by atoms with Crippen molar-refractivity contribution in [3.05, 3.63) is 49.3 Å². The number of aromatic nitrogens is 1. The topological polar surface area (TPSA) is 12.9 Å². The smallest absolute Gasteiger partial charge is 0.0447 e. The van der Waals surface area contributed by atoms with Gasteiger partial charge in [0.25, 0.3) is 0 Å². The Morgan fingerprint density at radius 1 is 1.29 bits per heavy atom. The molecular formula is C13H21N. The summed E-state index contributed by atoms with van der Waals surface area (Å²) in [5.41, 5.74) is 3.28. The van der Waals surface area contributed by atoms with Gasteiger partial charge in [0.05, 0.1) is 0 Å². The lowest BCUT2D eigenvalue weighted by atomic mass is 10.1. The molecule has 1 heterocycles. The van der Waals surface area contributed by atoms with Crippen LogP contribution in [0.1, 0.15) is 32.0 Å². The molecule has 0 fully saturated rings. The summed E-state index contributed by atoms with van der Waals surface area (Å²) >= 11 is 0. The summed E-state index contributed by atoms with van der Waals surface area (Å²) in [5.74, 6) is 0. The van der Waals surface area contributed by atoms with Gasteiger partial charge >= 0.3 is 0 Å². The number of hydrogen-bond donors (Lipinski definition) is 0. The number of rotatable bonds is 1. The van der Waals surface area contributed by atoms with Crippen molar-refractivity contribution in [3.63, 3.8) is 0 Å². The van der Waals surface area contributed by atoms with Crippen molar-refractivity contribution in [1.82, 2.24) is 4.98 Å². The molecule has 0 N–H and O–H groups in total. The first-order valence-electron chi connectivity index (χ1n) is 4.79. The number of pyridine rings is 1. The summed E-state index contributed by atoms with van der Waals surface area (Å²) in [6, 6.07) is 3.96. The molecule has 0 unspecified atom stereocenters. The summed E-state index contributed by atoms with van der Waals surface area (Å²) in [6.45, 7) is 17.8. The van der Waals surface area contributed by atoms with Crippen LogP contribution in [0, 0.1) is 6.92 Å². The van der Waals surface area contributed by atoms with E-state index in [9.17, 15) is 0 Å².